The molecule has 2 N–H and O–H groups in total. The van der Waals surface area contributed by atoms with E-state index in [4.69, 9.17) is 0 Å². The van der Waals surface area contributed by atoms with E-state index >= 15 is 0 Å². The molecular formula is C15H18N2O8S. The van der Waals surface area contributed by atoms with Crippen LogP contribution in [0.4, 0.5) is 10.5 Å². The van der Waals surface area contributed by atoms with Crippen LogP contribution in [0.5, 0.6) is 0 Å². The van der Waals surface area contributed by atoms with E-state index < -0.39 is 49.7 Å². The number of nitrogens with zero attached hydrogens (tertiary/aromatic N) is 2. The number of carboxylic acid groups (broad SMARTS) is 2. The molecule has 1 fully saturated rings. The number of hydrogen-bond acceptors (Lipinski definition) is 6. The van der Waals surface area contributed by atoms with E-state index in [1.54, 1.807) is 0 Å². The van der Waals surface area contributed by atoms with E-state index in [1.165, 1.54) is 13.8 Å². The second-order valence-corrected chi connectivity index (χ2v) is 8.70. The predicted octanol–water partition coefficient (Wildman–Crippen LogP) is 1.90. The lowest BCUT2D eigenvalue weighted by Crippen LogP contribution is -2.33. The van der Waals surface area contributed by atoms with Crippen LogP contribution in [0.15, 0.2) is 23.1 Å². The average Bonchev–Trinajstić information content (AvgIpc) is 2.99. The lowest BCUT2D eigenvalue weighted by atomic mass is 9.93. The number of aliphatic carboxylic acids is 1. The largest absolute Gasteiger partial charge is 0.481 e. The van der Waals surface area contributed by atoms with Crippen molar-refractivity contribution in [3.63, 3.8) is 0 Å². The molecule has 0 saturated carbocycles. The van der Waals surface area contributed by atoms with Gasteiger partial charge in [0, 0.05) is 24.2 Å². The molecular weight excluding hydrogens is 368 g/mol. The van der Waals surface area contributed by atoms with Crippen molar-refractivity contribution < 1.29 is 33.1 Å². The molecule has 1 aromatic carbocycles. The van der Waals surface area contributed by atoms with Crippen LogP contribution in [-0.4, -0.2) is 52.3 Å². The van der Waals surface area contributed by atoms with Crippen molar-refractivity contribution in [2.75, 3.05) is 6.54 Å². The van der Waals surface area contributed by atoms with Gasteiger partial charge in [-0.25, -0.2) is 13.2 Å². The summed E-state index contributed by atoms with van der Waals surface area (Å²) < 4.78 is 25.3. The quantitative estimate of drug-likeness (QED) is 0.574. The Morgan fingerprint density at radius 3 is 2.38 bits per heavy atom. The van der Waals surface area contributed by atoms with Crippen molar-refractivity contribution in [3.8, 4) is 0 Å². The molecule has 0 spiro atoms. The highest BCUT2D eigenvalue weighted by molar-refractivity contribution is 7.92. The lowest BCUT2D eigenvalue weighted by Gasteiger charge is -2.27. The number of likely N-dealkylation sites (tertiary alicyclic amines) is 1. The Morgan fingerprint density at radius 2 is 1.92 bits per heavy atom. The van der Waals surface area contributed by atoms with E-state index in [0.29, 0.717) is 0 Å². The number of nitro groups is 1. The molecule has 0 aliphatic carbocycles. The number of nitro benzene ring substituents is 1. The van der Waals surface area contributed by atoms with Gasteiger partial charge in [-0.15, -0.1) is 0 Å². The normalized spacial score (nSPS) is 20.3. The Balaban J connectivity index is 2.78. The maximum atomic E-state index is 12.7. The SMILES string of the molecule is CC(C)S(=O)(=O)c1ccc([N+](=O)[O-])cc1[C@H]1[C@@H](C(=O)O)CCN1C(=O)O. The molecule has 1 saturated heterocycles. The van der Waals surface area contributed by atoms with Gasteiger partial charge in [0.2, 0.25) is 0 Å². The number of benzene rings is 1. The highest BCUT2D eigenvalue weighted by atomic mass is 32.2. The summed E-state index contributed by atoms with van der Waals surface area (Å²) in [7, 11) is -3.92. The third-order valence-electron chi connectivity index (χ3n) is 4.41. The van der Waals surface area contributed by atoms with Gasteiger partial charge in [-0.1, -0.05) is 0 Å². The maximum Gasteiger partial charge on any atom is 0.407 e. The Kier molecular flexibility index (Phi) is 5.21. The second kappa shape index (κ2) is 6.90. The zero-order valence-electron chi connectivity index (χ0n) is 14.0. The maximum absolute atomic E-state index is 12.7. The molecule has 0 unspecified atom stereocenters. The molecule has 26 heavy (non-hydrogen) atoms. The Bertz CT molecular complexity index is 842. The van der Waals surface area contributed by atoms with Crippen molar-refractivity contribution in [3.05, 3.63) is 33.9 Å². The summed E-state index contributed by atoms with van der Waals surface area (Å²) in [4.78, 5) is 34.0. The monoisotopic (exact) mass is 386 g/mol. The van der Waals surface area contributed by atoms with E-state index in [2.05, 4.69) is 0 Å². The van der Waals surface area contributed by atoms with E-state index in [0.717, 1.165) is 23.1 Å². The zero-order chi connectivity index (χ0) is 19.8. The summed E-state index contributed by atoms with van der Waals surface area (Å²) in [6.07, 6.45) is -1.44. The molecule has 0 radical (unpaired) electrons. The third kappa shape index (κ3) is 3.34. The summed E-state index contributed by atoms with van der Waals surface area (Å²) in [5.74, 6) is -2.49. The minimum atomic E-state index is -3.92. The van der Waals surface area contributed by atoms with Gasteiger partial charge in [0.1, 0.15) is 0 Å². The van der Waals surface area contributed by atoms with Gasteiger partial charge in [0.25, 0.3) is 5.69 Å². The van der Waals surface area contributed by atoms with Crippen LogP contribution in [0.3, 0.4) is 0 Å². The topological polar surface area (TPSA) is 155 Å². The molecule has 1 aliphatic rings. The number of carbonyl (C=O) groups is 2. The Morgan fingerprint density at radius 1 is 1.31 bits per heavy atom. The predicted molar refractivity (Wildman–Crippen MR) is 88.6 cm³/mol. The molecule has 2 rings (SSSR count). The average molecular weight is 386 g/mol. The summed E-state index contributed by atoms with van der Waals surface area (Å²) >= 11 is 0. The standard InChI is InChI=1S/C15H18N2O8S/c1-8(2)26(24,25)12-4-3-9(17(22)23)7-11(12)13-10(14(18)19)5-6-16(13)15(20)21/h3-4,7-8,10,13H,5-6H2,1-2H3,(H,18,19)(H,20,21)/t10-,13+/m0/s1. The fraction of sp³-hybridized carbons (Fsp3) is 0.467. The van der Waals surface area contributed by atoms with Crippen molar-refractivity contribution in [2.24, 2.45) is 5.92 Å². The molecule has 11 heteroatoms. The third-order valence-corrected chi connectivity index (χ3v) is 6.64. The van der Waals surface area contributed by atoms with Gasteiger partial charge in [0.15, 0.2) is 9.84 Å². The molecule has 10 nitrogen and oxygen atoms in total. The van der Waals surface area contributed by atoms with Crippen molar-refractivity contribution in [1.82, 2.24) is 4.90 Å². The first-order chi connectivity index (χ1) is 12.0. The first-order valence-electron chi connectivity index (χ1n) is 7.73. The van der Waals surface area contributed by atoms with Crippen LogP contribution >= 0.6 is 0 Å². The van der Waals surface area contributed by atoms with Gasteiger partial charge < -0.3 is 15.1 Å². The highest BCUT2D eigenvalue weighted by Crippen LogP contribution is 2.42. The molecule has 1 heterocycles. The second-order valence-electron chi connectivity index (χ2n) is 6.23. The lowest BCUT2D eigenvalue weighted by molar-refractivity contribution is -0.385. The molecule has 1 aliphatic heterocycles. The van der Waals surface area contributed by atoms with Gasteiger partial charge in [-0.05, 0) is 26.3 Å². The molecule has 1 aromatic rings. The van der Waals surface area contributed by atoms with Gasteiger partial charge in [-0.3, -0.25) is 14.9 Å². The van der Waals surface area contributed by atoms with Crippen LogP contribution in [0.1, 0.15) is 31.9 Å². The van der Waals surface area contributed by atoms with Gasteiger partial charge in [0.05, 0.1) is 27.0 Å². The fourth-order valence-electron chi connectivity index (χ4n) is 3.04. The molecule has 0 aromatic heterocycles. The van der Waals surface area contributed by atoms with Crippen molar-refractivity contribution in [1.29, 1.82) is 0 Å². The van der Waals surface area contributed by atoms with Crippen molar-refractivity contribution >= 4 is 27.6 Å². The Hall–Kier alpha value is -2.69. The van der Waals surface area contributed by atoms with Crippen LogP contribution in [0.25, 0.3) is 0 Å². The number of carboxylic acids is 1. The number of sulfone groups is 1. The van der Waals surface area contributed by atoms with Gasteiger partial charge in [-0.2, -0.15) is 0 Å². The van der Waals surface area contributed by atoms with Gasteiger partial charge >= 0.3 is 12.1 Å². The smallest absolute Gasteiger partial charge is 0.407 e. The van der Waals surface area contributed by atoms with E-state index in [9.17, 15) is 38.3 Å². The summed E-state index contributed by atoms with van der Waals surface area (Å²) in [6.45, 7) is 2.72. The summed E-state index contributed by atoms with van der Waals surface area (Å²) in [5, 5.41) is 29.0. The van der Waals surface area contributed by atoms with E-state index in [1.807, 2.05) is 0 Å². The summed E-state index contributed by atoms with van der Waals surface area (Å²) in [6, 6.07) is 1.68. The van der Waals surface area contributed by atoms with Crippen LogP contribution in [-0.2, 0) is 14.6 Å². The number of hydrogen-bond donors (Lipinski definition) is 2. The number of rotatable bonds is 5. The minimum absolute atomic E-state index is 0.0177. The zero-order valence-corrected chi connectivity index (χ0v) is 14.8. The molecule has 0 bridgehead atoms. The molecule has 142 valence electrons. The first-order valence-corrected chi connectivity index (χ1v) is 9.27. The highest BCUT2D eigenvalue weighted by Gasteiger charge is 2.45. The van der Waals surface area contributed by atoms with Crippen LogP contribution in [0, 0.1) is 16.0 Å². The minimum Gasteiger partial charge on any atom is -0.481 e. The number of non-ortho nitro benzene ring substituents is 1. The van der Waals surface area contributed by atoms with Crippen LogP contribution in [0.2, 0.25) is 0 Å². The first kappa shape index (κ1) is 19.6. The fourth-order valence-corrected chi connectivity index (χ4v) is 4.32. The molecule has 2 atom stereocenters. The Labute approximate surface area is 149 Å². The summed E-state index contributed by atoms with van der Waals surface area (Å²) in [5.41, 5.74) is -0.621. The molecule has 1 amide bonds. The van der Waals surface area contributed by atoms with E-state index in [-0.39, 0.29) is 23.4 Å². The van der Waals surface area contributed by atoms with Crippen molar-refractivity contribution in [2.45, 2.75) is 36.5 Å². The van der Waals surface area contributed by atoms with Crippen LogP contribution < -0.4 is 0 Å². The number of amides is 1.